The van der Waals surface area contributed by atoms with E-state index >= 15 is 0 Å². The molecule has 13 heteroatoms. The second-order valence-corrected chi connectivity index (χ2v) is 12.0. The molecular weight excluding hydrogens is 461 g/mol. The molecule has 0 spiro atoms. The fourth-order valence-electron chi connectivity index (χ4n) is 3.27. The summed E-state index contributed by atoms with van der Waals surface area (Å²) in [5, 5.41) is 0.305. The van der Waals surface area contributed by atoms with Gasteiger partial charge in [0.25, 0.3) is 0 Å². The molecule has 3 aromatic carbocycles. The van der Waals surface area contributed by atoms with Crippen LogP contribution in [0.15, 0.2) is 66.7 Å². The van der Waals surface area contributed by atoms with Crippen molar-refractivity contribution in [3.05, 3.63) is 66.7 Å². The molecule has 0 fully saturated rings. The highest BCUT2D eigenvalue weighted by molar-refractivity contribution is 7.75. The molecule has 1 heterocycles. The predicted molar refractivity (Wildman–Crippen MR) is 119 cm³/mol. The SMILES string of the molecule is NP(N)(=O)Oc1ccc(OP(N)(N)=O)c(P2(=O)Oc3ccccc3-c3ccccc32)c1. The molecule has 10 nitrogen and oxygen atoms in total. The first-order chi connectivity index (χ1) is 14.5. The van der Waals surface area contributed by atoms with Crippen LogP contribution >= 0.6 is 22.7 Å². The molecule has 1 aliphatic heterocycles. The third kappa shape index (κ3) is 4.47. The summed E-state index contributed by atoms with van der Waals surface area (Å²) in [6, 6.07) is 17.8. The monoisotopic (exact) mass is 480 g/mol. The Kier molecular flexibility index (Phi) is 5.36. The van der Waals surface area contributed by atoms with E-state index in [1.807, 2.05) is 12.1 Å². The van der Waals surface area contributed by atoms with Crippen LogP contribution < -0.4 is 46.2 Å². The van der Waals surface area contributed by atoms with Gasteiger partial charge in [0.05, 0.1) is 10.6 Å². The van der Waals surface area contributed by atoms with E-state index in [0.29, 0.717) is 16.6 Å². The lowest BCUT2D eigenvalue weighted by molar-refractivity contribution is 0.475. The molecule has 1 aliphatic rings. The van der Waals surface area contributed by atoms with Gasteiger partial charge in [-0.05, 0) is 35.9 Å². The molecule has 0 amide bonds. The third-order valence-electron chi connectivity index (χ3n) is 4.36. The molecule has 0 aliphatic carbocycles. The Labute approximate surface area is 178 Å². The molecule has 3 aromatic rings. The Morgan fingerprint density at radius 1 is 0.742 bits per heavy atom. The number of para-hydroxylation sites is 1. The maximum absolute atomic E-state index is 14.4. The summed E-state index contributed by atoms with van der Waals surface area (Å²) in [7, 11) is -11.9. The van der Waals surface area contributed by atoms with E-state index < -0.39 is 22.7 Å². The van der Waals surface area contributed by atoms with Crippen molar-refractivity contribution in [3.63, 3.8) is 0 Å². The summed E-state index contributed by atoms with van der Waals surface area (Å²) in [5.41, 5.74) is 22.8. The van der Waals surface area contributed by atoms with Gasteiger partial charge in [0.15, 0.2) is 0 Å². The molecule has 0 radical (unpaired) electrons. The summed E-state index contributed by atoms with van der Waals surface area (Å²) in [4.78, 5) is 0. The Balaban J connectivity index is 1.97. The zero-order valence-electron chi connectivity index (χ0n) is 16.0. The fraction of sp³-hybridized carbons (Fsp3) is 0. The van der Waals surface area contributed by atoms with E-state index in [2.05, 4.69) is 0 Å². The van der Waals surface area contributed by atoms with E-state index in [4.69, 9.17) is 35.6 Å². The maximum Gasteiger partial charge on any atom is 0.385 e. The highest BCUT2D eigenvalue weighted by Crippen LogP contribution is 2.56. The van der Waals surface area contributed by atoms with Crippen molar-refractivity contribution in [1.29, 1.82) is 0 Å². The second-order valence-electron chi connectivity index (χ2n) is 6.76. The molecule has 0 saturated heterocycles. The van der Waals surface area contributed by atoms with Gasteiger partial charge in [0, 0.05) is 5.56 Å². The van der Waals surface area contributed by atoms with Crippen LogP contribution in [0.5, 0.6) is 17.2 Å². The Bertz CT molecular complexity index is 1320. The minimum atomic E-state index is -4.02. The van der Waals surface area contributed by atoms with Gasteiger partial charge in [-0.25, -0.2) is 31.1 Å². The van der Waals surface area contributed by atoms with Crippen molar-refractivity contribution < 1.29 is 27.3 Å². The Hall–Kier alpha value is -2.41. The fourth-order valence-corrected chi connectivity index (χ4v) is 6.65. The van der Waals surface area contributed by atoms with E-state index in [-0.39, 0.29) is 16.8 Å². The zero-order valence-corrected chi connectivity index (χ0v) is 18.6. The topological polar surface area (TPSA) is 183 Å². The van der Waals surface area contributed by atoms with Crippen LogP contribution in [0, 0.1) is 0 Å². The van der Waals surface area contributed by atoms with Crippen LogP contribution in [0.25, 0.3) is 11.1 Å². The minimum absolute atomic E-state index is 0.0588. The first kappa shape index (κ1) is 21.8. The predicted octanol–water partition coefficient (Wildman–Crippen LogP) is 2.78. The van der Waals surface area contributed by atoms with E-state index in [1.165, 1.54) is 18.2 Å². The van der Waals surface area contributed by atoms with Crippen LogP contribution in [-0.4, -0.2) is 0 Å². The van der Waals surface area contributed by atoms with Crippen LogP contribution in [-0.2, 0) is 13.7 Å². The lowest BCUT2D eigenvalue weighted by Crippen LogP contribution is -2.27. The van der Waals surface area contributed by atoms with Crippen molar-refractivity contribution in [2.45, 2.75) is 0 Å². The Morgan fingerprint density at radius 3 is 2.03 bits per heavy atom. The summed E-state index contributed by atoms with van der Waals surface area (Å²) >= 11 is 0. The quantitative estimate of drug-likeness (QED) is 0.396. The molecule has 162 valence electrons. The van der Waals surface area contributed by atoms with Gasteiger partial charge in [0.2, 0.25) is 0 Å². The van der Waals surface area contributed by atoms with Crippen molar-refractivity contribution >= 4 is 33.3 Å². The van der Waals surface area contributed by atoms with Gasteiger partial charge in [-0.15, -0.1) is 0 Å². The lowest BCUT2D eigenvalue weighted by Gasteiger charge is -2.30. The highest BCUT2D eigenvalue weighted by Gasteiger charge is 2.41. The van der Waals surface area contributed by atoms with Gasteiger partial charge >= 0.3 is 22.7 Å². The highest BCUT2D eigenvalue weighted by atomic mass is 31.2. The average molecular weight is 480 g/mol. The summed E-state index contributed by atoms with van der Waals surface area (Å²) < 4.78 is 54.4. The molecule has 1 atom stereocenters. The van der Waals surface area contributed by atoms with Crippen LogP contribution in [0.2, 0.25) is 0 Å². The first-order valence-corrected chi connectivity index (χ1v) is 14.0. The summed E-state index contributed by atoms with van der Waals surface area (Å²) in [6.45, 7) is 0. The smallest absolute Gasteiger partial charge is 0.385 e. The van der Waals surface area contributed by atoms with Crippen molar-refractivity contribution in [3.8, 4) is 28.4 Å². The third-order valence-corrected chi connectivity index (χ3v) is 7.80. The molecule has 1 unspecified atom stereocenters. The van der Waals surface area contributed by atoms with Crippen molar-refractivity contribution in [2.75, 3.05) is 0 Å². The van der Waals surface area contributed by atoms with Crippen molar-refractivity contribution in [2.24, 2.45) is 22.0 Å². The molecule has 0 aromatic heterocycles. The maximum atomic E-state index is 14.4. The van der Waals surface area contributed by atoms with Crippen LogP contribution in [0.4, 0.5) is 0 Å². The van der Waals surface area contributed by atoms with E-state index in [9.17, 15) is 13.7 Å². The average Bonchev–Trinajstić information content (AvgIpc) is 2.67. The normalized spacial score (nSPS) is 17.8. The summed E-state index contributed by atoms with van der Waals surface area (Å²) in [6.07, 6.45) is 0. The molecule has 4 rings (SSSR count). The molecular formula is C18H19N4O6P3. The van der Waals surface area contributed by atoms with Gasteiger partial charge in [-0.3, -0.25) is 4.57 Å². The molecule has 0 bridgehead atoms. The van der Waals surface area contributed by atoms with Crippen LogP contribution in [0.3, 0.4) is 0 Å². The van der Waals surface area contributed by atoms with Crippen molar-refractivity contribution in [1.82, 2.24) is 0 Å². The van der Waals surface area contributed by atoms with Gasteiger partial charge in [-0.1, -0.05) is 36.4 Å². The van der Waals surface area contributed by atoms with Crippen LogP contribution in [0.1, 0.15) is 0 Å². The first-order valence-electron chi connectivity index (χ1n) is 8.83. The van der Waals surface area contributed by atoms with Gasteiger partial charge < -0.3 is 13.6 Å². The molecule has 0 saturated carbocycles. The lowest BCUT2D eigenvalue weighted by atomic mass is 10.0. The number of hydrogen-bond acceptors (Lipinski definition) is 6. The number of rotatable bonds is 5. The standard InChI is InChI=1S/C18H19N4O6P3/c19-30(20,24)26-12-9-10-16(28-31(21,22)25)18(11-12)29(23)17-8-4-2-6-14(17)13-5-1-3-7-15(13)27-29/h1-11H,(H4,19,20,24)(H4,21,22,25). The zero-order chi connectivity index (χ0) is 22.4. The number of fused-ring (bicyclic) bond motifs is 3. The summed E-state index contributed by atoms with van der Waals surface area (Å²) in [5.74, 6) is 0.158. The number of hydrogen-bond donors (Lipinski definition) is 4. The second kappa shape index (κ2) is 7.62. The number of benzene rings is 3. The Morgan fingerprint density at radius 2 is 1.35 bits per heavy atom. The largest absolute Gasteiger partial charge is 0.436 e. The minimum Gasteiger partial charge on any atom is -0.436 e. The molecule has 31 heavy (non-hydrogen) atoms. The van der Waals surface area contributed by atoms with E-state index in [1.54, 1.807) is 36.4 Å². The van der Waals surface area contributed by atoms with E-state index in [0.717, 1.165) is 5.56 Å². The molecule has 8 N–H and O–H groups in total. The van der Waals surface area contributed by atoms with Gasteiger partial charge in [-0.2, -0.15) is 0 Å². The number of nitrogens with two attached hydrogens (primary N) is 4. The van der Waals surface area contributed by atoms with Gasteiger partial charge in [0.1, 0.15) is 17.2 Å².